The summed E-state index contributed by atoms with van der Waals surface area (Å²) in [5.74, 6) is -0.0633. The Labute approximate surface area is 112 Å². The number of hydrogen-bond donors (Lipinski definition) is 3. The summed E-state index contributed by atoms with van der Waals surface area (Å²) >= 11 is 0. The van der Waals surface area contributed by atoms with Gasteiger partial charge in [0.1, 0.15) is 5.75 Å². The first kappa shape index (κ1) is 13.8. The molecule has 0 bridgehead atoms. The van der Waals surface area contributed by atoms with Crippen molar-refractivity contribution in [2.24, 2.45) is 11.7 Å². The highest BCUT2D eigenvalue weighted by Crippen LogP contribution is 2.25. The van der Waals surface area contributed by atoms with E-state index in [1.54, 1.807) is 18.2 Å². The van der Waals surface area contributed by atoms with Crippen molar-refractivity contribution in [1.29, 1.82) is 0 Å². The Morgan fingerprint density at radius 1 is 1.47 bits per heavy atom. The van der Waals surface area contributed by atoms with Crippen LogP contribution in [0.3, 0.4) is 0 Å². The van der Waals surface area contributed by atoms with Gasteiger partial charge in [-0.05, 0) is 43.4 Å². The van der Waals surface area contributed by atoms with Crippen molar-refractivity contribution < 1.29 is 14.6 Å². The number of phenols is 1. The lowest BCUT2D eigenvalue weighted by Gasteiger charge is -2.26. The molecule has 0 radical (unpaired) electrons. The van der Waals surface area contributed by atoms with Crippen molar-refractivity contribution in [3.05, 3.63) is 23.8 Å². The minimum Gasteiger partial charge on any atom is -0.506 e. The SMILES string of the molecule is Cc1ccc(O)c(NC(=O)C(N)C2CCOCC2)c1. The number of hydrogen-bond acceptors (Lipinski definition) is 4. The van der Waals surface area contributed by atoms with Crippen molar-refractivity contribution in [3.8, 4) is 5.75 Å². The average Bonchev–Trinajstić information content (AvgIpc) is 2.43. The maximum Gasteiger partial charge on any atom is 0.241 e. The highest BCUT2D eigenvalue weighted by atomic mass is 16.5. The second-order valence-corrected chi connectivity index (χ2v) is 4.99. The van der Waals surface area contributed by atoms with Crippen LogP contribution in [0.5, 0.6) is 5.75 Å². The normalized spacial score (nSPS) is 18.0. The van der Waals surface area contributed by atoms with Gasteiger partial charge in [-0.2, -0.15) is 0 Å². The van der Waals surface area contributed by atoms with Gasteiger partial charge < -0.3 is 20.9 Å². The molecule has 1 aliphatic heterocycles. The highest BCUT2D eigenvalue weighted by molar-refractivity contribution is 5.96. The van der Waals surface area contributed by atoms with Crippen molar-refractivity contribution in [2.45, 2.75) is 25.8 Å². The van der Waals surface area contributed by atoms with E-state index in [9.17, 15) is 9.90 Å². The van der Waals surface area contributed by atoms with Gasteiger partial charge >= 0.3 is 0 Å². The van der Waals surface area contributed by atoms with E-state index in [-0.39, 0.29) is 17.6 Å². The summed E-state index contributed by atoms with van der Waals surface area (Å²) < 4.78 is 5.26. The maximum absolute atomic E-state index is 12.1. The first-order chi connectivity index (χ1) is 9.08. The molecule has 2 rings (SSSR count). The smallest absolute Gasteiger partial charge is 0.241 e. The first-order valence-electron chi connectivity index (χ1n) is 6.51. The van der Waals surface area contributed by atoms with Gasteiger partial charge in [0.2, 0.25) is 5.91 Å². The largest absolute Gasteiger partial charge is 0.506 e. The number of ether oxygens (including phenoxy) is 1. The molecule has 1 aliphatic rings. The number of nitrogens with two attached hydrogens (primary N) is 1. The van der Waals surface area contributed by atoms with Gasteiger partial charge in [-0.25, -0.2) is 0 Å². The molecule has 0 aromatic heterocycles. The van der Waals surface area contributed by atoms with E-state index in [1.165, 1.54) is 0 Å². The molecule has 0 aliphatic carbocycles. The lowest BCUT2D eigenvalue weighted by Crippen LogP contribution is -2.44. The molecule has 1 atom stereocenters. The molecular weight excluding hydrogens is 244 g/mol. The van der Waals surface area contributed by atoms with E-state index in [2.05, 4.69) is 5.32 Å². The van der Waals surface area contributed by atoms with Crippen LogP contribution in [0.25, 0.3) is 0 Å². The van der Waals surface area contributed by atoms with Gasteiger partial charge in [-0.1, -0.05) is 6.07 Å². The molecule has 1 aromatic rings. The zero-order valence-electron chi connectivity index (χ0n) is 11.1. The van der Waals surface area contributed by atoms with Crippen LogP contribution >= 0.6 is 0 Å². The fourth-order valence-electron chi connectivity index (χ4n) is 2.26. The number of anilines is 1. The second-order valence-electron chi connectivity index (χ2n) is 4.99. The van der Waals surface area contributed by atoms with Gasteiger partial charge in [0.05, 0.1) is 11.7 Å². The van der Waals surface area contributed by atoms with E-state index >= 15 is 0 Å². The van der Waals surface area contributed by atoms with Crippen LogP contribution in [0, 0.1) is 12.8 Å². The summed E-state index contributed by atoms with van der Waals surface area (Å²) in [5, 5.41) is 12.4. The lowest BCUT2D eigenvalue weighted by atomic mass is 9.92. The Balaban J connectivity index is 2.01. The molecule has 1 fully saturated rings. The van der Waals surface area contributed by atoms with E-state index in [0.717, 1.165) is 18.4 Å². The van der Waals surface area contributed by atoms with Crippen LogP contribution < -0.4 is 11.1 Å². The van der Waals surface area contributed by atoms with Gasteiger partial charge in [-0.3, -0.25) is 4.79 Å². The molecule has 19 heavy (non-hydrogen) atoms. The standard InChI is InChI=1S/C14H20N2O3/c1-9-2-3-12(17)11(8-9)16-14(18)13(15)10-4-6-19-7-5-10/h2-3,8,10,13,17H,4-7,15H2,1H3,(H,16,18). The molecule has 0 spiro atoms. The molecule has 5 heteroatoms. The average molecular weight is 264 g/mol. The van der Waals surface area contributed by atoms with Crippen molar-refractivity contribution in [2.75, 3.05) is 18.5 Å². The summed E-state index contributed by atoms with van der Waals surface area (Å²) in [6.45, 7) is 3.20. The molecule has 1 aromatic carbocycles. The number of carbonyl (C=O) groups excluding carboxylic acids is 1. The summed E-state index contributed by atoms with van der Waals surface area (Å²) in [6.07, 6.45) is 1.60. The predicted molar refractivity (Wildman–Crippen MR) is 73.0 cm³/mol. The number of amides is 1. The quantitative estimate of drug-likeness (QED) is 0.720. The van der Waals surface area contributed by atoms with E-state index in [0.29, 0.717) is 18.9 Å². The number of aromatic hydroxyl groups is 1. The third kappa shape index (κ3) is 3.45. The Morgan fingerprint density at radius 3 is 2.84 bits per heavy atom. The lowest BCUT2D eigenvalue weighted by molar-refractivity contribution is -0.119. The Morgan fingerprint density at radius 2 is 2.16 bits per heavy atom. The molecule has 1 saturated heterocycles. The number of phenolic OH excluding ortho intramolecular Hbond substituents is 1. The summed E-state index contributed by atoms with van der Waals surface area (Å²) in [5.41, 5.74) is 7.35. The van der Waals surface area contributed by atoms with Gasteiger partial charge in [0.15, 0.2) is 0 Å². The fourth-order valence-corrected chi connectivity index (χ4v) is 2.26. The van der Waals surface area contributed by atoms with Crippen molar-refractivity contribution >= 4 is 11.6 Å². The summed E-state index contributed by atoms with van der Waals surface area (Å²) in [6, 6.07) is 4.50. The number of aryl methyl sites for hydroxylation is 1. The third-order valence-electron chi connectivity index (χ3n) is 3.49. The monoisotopic (exact) mass is 264 g/mol. The predicted octanol–water partition coefficient (Wildman–Crippen LogP) is 1.39. The highest BCUT2D eigenvalue weighted by Gasteiger charge is 2.26. The number of rotatable bonds is 3. The molecule has 0 saturated carbocycles. The molecule has 5 nitrogen and oxygen atoms in total. The molecule has 104 valence electrons. The summed E-state index contributed by atoms with van der Waals surface area (Å²) in [4.78, 5) is 12.1. The first-order valence-corrected chi connectivity index (χ1v) is 6.51. The van der Waals surface area contributed by atoms with E-state index < -0.39 is 6.04 Å². The van der Waals surface area contributed by atoms with Crippen LogP contribution in [-0.2, 0) is 9.53 Å². The Bertz CT molecular complexity index is 456. The van der Waals surface area contributed by atoms with E-state index in [1.807, 2.05) is 6.92 Å². The molecule has 1 unspecified atom stereocenters. The van der Waals surface area contributed by atoms with Crippen LogP contribution in [0.4, 0.5) is 5.69 Å². The van der Waals surface area contributed by atoms with Crippen molar-refractivity contribution in [3.63, 3.8) is 0 Å². The Hall–Kier alpha value is -1.59. The minimum atomic E-state index is -0.566. The van der Waals surface area contributed by atoms with Crippen LogP contribution in [0.1, 0.15) is 18.4 Å². The van der Waals surface area contributed by atoms with Crippen LogP contribution in [0.15, 0.2) is 18.2 Å². The molecule has 4 N–H and O–H groups in total. The second kappa shape index (κ2) is 6.04. The zero-order valence-corrected chi connectivity index (χ0v) is 11.1. The van der Waals surface area contributed by atoms with Gasteiger partial charge in [-0.15, -0.1) is 0 Å². The molecule has 1 heterocycles. The van der Waals surface area contributed by atoms with Gasteiger partial charge in [0.25, 0.3) is 0 Å². The molecular formula is C14H20N2O3. The molecule has 1 amide bonds. The third-order valence-corrected chi connectivity index (χ3v) is 3.49. The topological polar surface area (TPSA) is 84.6 Å². The minimum absolute atomic E-state index is 0.0538. The van der Waals surface area contributed by atoms with E-state index in [4.69, 9.17) is 10.5 Å². The summed E-state index contributed by atoms with van der Waals surface area (Å²) in [7, 11) is 0. The number of carbonyl (C=O) groups is 1. The number of nitrogens with one attached hydrogen (secondary N) is 1. The van der Waals surface area contributed by atoms with Crippen molar-refractivity contribution in [1.82, 2.24) is 0 Å². The number of benzene rings is 1. The van der Waals surface area contributed by atoms with Crippen LogP contribution in [0.2, 0.25) is 0 Å². The zero-order chi connectivity index (χ0) is 13.8. The fraction of sp³-hybridized carbons (Fsp3) is 0.500. The van der Waals surface area contributed by atoms with Gasteiger partial charge in [0, 0.05) is 13.2 Å². The maximum atomic E-state index is 12.1. The van der Waals surface area contributed by atoms with Crippen LogP contribution in [-0.4, -0.2) is 30.3 Å². The Kier molecular flexibility index (Phi) is 4.39.